The number of nitrogens with zero attached hydrogens (tertiary/aromatic N) is 1. The Hall–Kier alpha value is -1.84. The first kappa shape index (κ1) is 13.2. The van der Waals surface area contributed by atoms with Crippen LogP contribution in [0.5, 0.6) is 5.75 Å². The first-order valence-corrected chi connectivity index (χ1v) is 5.71. The molecule has 0 saturated heterocycles. The zero-order valence-electron chi connectivity index (χ0n) is 10.5. The quantitative estimate of drug-likeness (QED) is 0.629. The highest BCUT2D eigenvalue weighted by atomic mass is 16.5. The summed E-state index contributed by atoms with van der Waals surface area (Å²) in [6.45, 7) is 4.02. The van der Waals surface area contributed by atoms with Gasteiger partial charge in [0, 0.05) is 5.71 Å². The first-order chi connectivity index (χ1) is 8.22. The molecule has 1 aromatic rings. The molecular weight excluding hydrogens is 216 g/mol. The Balaban J connectivity index is 2.80. The van der Waals surface area contributed by atoms with Crippen molar-refractivity contribution in [3.8, 4) is 5.75 Å². The van der Waals surface area contributed by atoms with Gasteiger partial charge in [-0.2, -0.15) is 5.10 Å². The number of carbonyl (C=O) groups is 1. The van der Waals surface area contributed by atoms with Crippen LogP contribution < -0.4 is 10.2 Å². The standard InChI is InChI=1S/C13H18N2O2/c1-4-10(5-2)14-15-13(16)11-8-6-7-9-12(11)17-3/h6-9H,4-5H2,1-3H3,(H,15,16). The second kappa shape index (κ2) is 6.68. The van der Waals surface area contributed by atoms with Crippen LogP contribution in [0, 0.1) is 0 Å². The van der Waals surface area contributed by atoms with Gasteiger partial charge >= 0.3 is 0 Å². The van der Waals surface area contributed by atoms with Crippen LogP contribution in [-0.2, 0) is 0 Å². The van der Waals surface area contributed by atoms with Crippen LogP contribution in [0.3, 0.4) is 0 Å². The number of para-hydroxylation sites is 1. The predicted octanol–water partition coefficient (Wildman–Crippen LogP) is 2.60. The Labute approximate surface area is 102 Å². The SMILES string of the molecule is CCC(CC)=NNC(=O)c1ccccc1OC. The third kappa shape index (κ3) is 3.59. The van der Waals surface area contributed by atoms with E-state index in [1.54, 1.807) is 25.3 Å². The largest absolute Gasteiger partial charge is 0.496 e. The average molecular weight is 234 g/mol. The number of carbonyl (C=O) groups excluding carboxylic acids is 1. The van der Waals surface area contributed by atoms with Crippen LogP contribution in [0.1, 0.15) is 37.0 Å². The molecule has 0 saturated carbocycles. The van der Waals surface area contributed by atoms with E-state index in [1.807, 2.05) is 19.9 Å². The van der Waals surface area contributed by atoms with Gasteiger partial charge < -0.3 is 4.74 Å². The molecule has 4 heteroatoms. The van der Waals surface area contributed by atoms with E-state index in [4.69, 9.17) is 4.74 Å². The fourth-order valence-corrected chi connectivity index (χ4v) is 1.43. The molecule has 1 aromatic carbocycles. The number of amides is 1. The Kier molecular flexibility index (Phi) is 5.20. The number of hydrogen-bond acceptors (Lipinski definition) is 3. The van der Waals surface area contributed by atoms with Gasteiger partial charge in [-0.05, 0) is 25.0 Å². The number of benzene rings is 1. The monoisotopic (exact) mass is 234 g/mol. The molecule has 4 nitrogen and oxygen atoms in total. The Morgan fingerprint density at radius 3 is 2.53 bits per heavy atom. The van der Waals surface area contributed by atoms with E-state index in [9.17, 15) is 4.79 Å². The molecule has 92 valence electrons. The summed E-state index contributed by atoms with van der Waals surface area (Å²) in [5, 5.41) is 4.07. The Morgan fingerprint density at radius 2 is 1.94 bits per heavy atom. The van der Waals surface area contributed by atoms with Gasteiger partial charge in [0.2, 0.25) is 0 Å². The maximum atomic E-state index is 11.9. The summed E-state index contributed by atoms with van der Waals surface area (Å²) >= 11 is 0. The molecule has 0 atom stereocenters. The van der Waals surface area contributed by atoms with E-state index in [0.717, 1.165) is 18.6 Å². The third-order valence-corrected chi connectivity index (χ3v) is 2.48. The summed E-state index contributed by atoms with van der Waals surface area (Å²) in [7, 11) is 1.54. The molecule has 0 bridgehead atoms. The van der Waals surface area contributed by atoms with Crippen molar-refractivity contribution in [2.75, 3.05) is 7.11 Å². The highest BCUT2D eigenvalue weighted by Crippen LogP contribution is 2.16. The van der Waals surface area contributed by atoms with Crippen molar-refractivity contribution in [3.05, 3.63) is 29.8 Å². The number of hydrogen-bond donors (Lipinski definition) is 1. The van der Waals surface area contributed by atoms with Crippen LogP contribution in [0.25, 0.3) is 0 Å². The van der Waals surface area contributed by atoms with Crippen LogP contribution in [0.4, 0.5) is 0 Å². The summed E-state index contributed by atoms with van der Waals surface area (Å²) < 4.78 is 5.12. The van der Waals surface area contributed by atoms with Gasteiger partial charge in [0.15, 0.2) is 0 Å². The van der Waals surface area contributed by atoms with Crippen molar-refractivity contribution >= 4 is 11.6 Å². The highest BCUT2D eigenvalue weighted by molar-refractivity contribution is 5.97. The van der Waals surface area contributed by atoms with Gasteiger partial charge in [-0.25, -0.2) is 5.43 Å². The highest BCUT2D eigenvalue weighted by Gasteiger charge is 2.10. The van der Waals surface area contributed by atoms with Gasteiger partial charge in [-0.15, -0.1) is 0 Å². The van der Waals surface area contributed by atoms with E-state index < -0.39 is 0 Å². The van der Waals surface area contributed by atoms with Gasteiger partial charge in [0.25, 0.3) is 5.91 Å². The normalized spacial score (nSPS) is 9.59. The van der Waals surface area contributed by atoms with E-state index in [-0.39, 0.29) is 5.91 Å². The van der Waals surface area contributed by atoms with Gasteiger partial charge in [0.05, 0.1) is 12.7 Å². The number of methoxy groups -OCH3 is 1. The lowest BCUT2D eigenvalue weighted by atomic mass is 10.2. The molecule has 1 rings (SSSR count). The molecular formula is C13H18N2O2. The maximum absolute atomic E-state index is 11.9. The van der Waals surface area contributed by atoms with Crippen molar-refractivity contribution in [3.63, 3.8) is 0 Å². The fraction of sp³-hybridized carbons (Fsp3) is 0.385. The molecule has 0 aliphatic rings. The zero-order valence-corrected chi connectivity index (χ0v) is 10.5. The fourth-order valence-electron chi connectivity index (χ4n) is 1.43. The van der Waals surface area contributed by atoms with E-state index >= 15 is 0 Å². The Morgan fingerprint density at radius 1 is 1.29 bits per heavy atom. The van der Waals surface area contributed by atoms with E-state index in [0.29, 0.717) is 11.3 Å². The van der Waals surface area contributed by atoms with Crippen molar-refractivity contribution in [1.29, 1.82) is 0 Å². The van der Waals surface area contributed by atoms with E-state index in [1.165, 1.54) is 0 Å². The Bertz CT molecular complexity index is 408. The minimum absolute atomic E-state index is 0.248. The summed E-state index contributed by atoms with van der Waals surface area (Å²) in [4.78, 5) is 11.9. The zero-order chi connectivity index (χ0) is 12.7. The second-order valence-corrected chi connectivity index (χ2v) is 3.53. The lowest BCUT2D eigenvalue weighted by molar-refractivity contribution is 0.0951. The van der Waals surface area contributed by atoms with E-state index in [2.05, 4.69) is 10.5 Å². The predicted molar refractivity (Wildman–Crippen MR) is 68.5 cm³/mol. The van der Waals surface area contributed by atoms with Crippen molar-refractivity contribution in [2.45, 2.75) is 26.7 Å². The van der Waals surface area contributed by atoms with Crippen molar-refractivity contribution < 1.29 is 9.53 Å². The number of ether oxygens (including phenoxy) is 1. The third-order valence-electron chi connectivity index (χ3n) is 2.48. The lowest BCUT2D eigenvalue weighted by Gasteiger charge is -2.07. The van der Waals surface area contributed by atoms with Gasteiger partial charge in [-0.3, -0.25) is 4.79 Å². The first-order valence-electron chi connectivity index (χ1n) is 5.71. The van der Waals surface area contributed by atoms with Crippen LogP contribution in [-0.4, -0.2) is 18.7 Å². The van der Waals surface area contributed by atoms with Crippen LogP contribution in [0.2, 0.25) is 0 Å². The molecule has 0 aliphatic heterocycles. The molecule has 0 fully saturated rings. The lowest BCUT2D eigenvalue weighted by Crippen LogP contribution is -2.20. The topological polar surface area (TPSA) is 50.7 Å². The van der Waals surface area contributed by atoms with Crippen molar-refractivity contribution in [1.82, 2.24) is 5.43 Å². The summed E-state index contributed by atoms with van der Waals surface area (Å²) in [5.41, 5.74) is 4.00. The summed E-state index contributed by atoms with van der Waals surface area (Å²) in [6.07, 6.45) is 1.67. The second-order valence-electron chi connectivity index (χ2n) is 3.53. The van der Waals surface area contributed by atoms with Gasteiger partial charge in [-0.1, -0.05) is 26.0 Å². The minimum Gasteiger partial charge on any atom is -0.496 e. The molecule has 0 unspecified atom stereocenters. The molecule has 0 spiro atoms. The minimum atomic E-state index is -0.248. The van der Waals surface area contributed by atoms with Crippen LogP contribution in [0.15, 0.2) is 29.4 Å². The van der Waals surface area contributed by atoms with Gasteiger partial charge in [0.1, 0.15) is 5.75 Å². The molecule has 0 aliphatic carbocycles. The molecule has 1 N–H and O–H groups in total. The summed E-state index contributed by atoms with van der Waals surface area (Å²) in [5.74, 6) is 0.302. The smallest absolute Gasteiger partial charge is 0.275 e. The van der Waals surface area contributed by atoms with Crippen molar-refractivity contribution in [2.24, 2.45) is 5.10 Å². The maximum Gasteiger partial charge on any atom is 0.275 e. The molecule has 0 heterocycles. The molecule has 0 radical (unpaired) electrons. The number of nitrogens with one attached hydrogen (secondary N) is 1. The number of hydrazone groups is 1. The molecule has 17 heavy (non-hydrogen) atoms. The molecule has 1 amide bonds. The van der Waals surface area contributed by atoms with Crippen LogP contribution >= 0.6 is 0 Å². The number of rotatable bonds is 5. The average Bonchev–Trinajstić information content (AvgIpc) is 2.39. The molecule has 0 aromatic heterocycles. The summed E-state index contributed by atoms with van der Waals surface area (Å²) in [6, 6.07) is 7.07.